The Balaban J connectivity index is 1.74. The quantitative estimate of drug-likeness (QED) is 0.761. The van der Waals surface area contributed by atoms with Crippen LogP contribution in [0.5, 0.6) is 0 Å². The number of carbonyl (C=O) groups excluding carboxylic acids is 1. The van der Waals surface area contributed by atoms with Gasteiger partial charge in [-0.05, 0) is 30.2 Å². The lowest BCUT2D eigenvalue weighted by molar-refractivity contribution is 0.0792. The molecule has 23 heavy (non-hydrogen) atoms. The maximum atomic E-state index is 13.8. The van der Waals surface area contributed by atoms with Crippen LogP contribution in [-0.2, 0) is 6.42 Å². The third kappa shape index (κ3) is 3.08. The number of likely N-dealkylation sites (N-methyl/N-ethyl adjacent to an activating group) is 1. The van der Waals surface area contributed by atoms with Crippen molar-refractivity contribution in [3.8, 4) is 0 Å². The number of aromatic nitrogens is 1. The van der Waals surface area contributed by atoms with Crippen molar-refractivity contribution in [1.29, 1.82) is 0 Å². The first-order chi connectivity index (χ1) is 11.1. The predicted octanol–water partition coefficient (Wildman–Crippen LogP) is 4.28. The van der Waals surface area contributed by atoms with Crippen LogP contribution in [0.3, 0.4) is 0 Å². The molecule has 0 radical (unpaired) electrons. The Morgan fingerprint density at radius 2 is 2.00 bits per heavy atom. The zero-order valence-corrected chi connectivity index (χ0v) is 13.4. The summed E-state index contributed by atoms with van der Waals surface area (Å²) < 4.78 is 13.8. The number of rotatable bonds is 4. The Hall–Kier alpha value is -2.33. The molecule has 0 aliphatic carbocycles. The molecule has 1 N–H and O–H groups in total. The highest BCUT2D eigenvalue weighted by Crippen LogP contribution is 2.21. The number of hydrogen-bond acceptors (Lipinski definition) is 1. The Morgan fingerprint density at radius 3 is 2.78 bits per heavy atom. The van der Waals surface area contributed by atoms with Gasteiger partial charge < -0.3 is 9.88 Å². The summed E-state index contributed by atoms with van der Waals surface area (Å²) >= 11 is 5.95. The summed E-state index contributed by atoms with van der Waals surface area (Å²) in [6.45, 7) is 0.478. The highest BCUT2D eigenvalue weighted by molar-refractivity contribution is 6.33. The van der Waals surface area contributed by atoms with E-state index >= 15 is 0 Å². The van der Waals surface area contributed by atoms with E-state index in [0.29, 0.717) is 13.0 Å². The van der Waals surface area contributed by atoms with Crippen molar-refractivity contribution >= 4 is 28.4 Å². The molecule has 118 valence electrons. The molecule has 5 heteroatoms. The maximum absolute atomic E-state index is 13.8. The number of carbonyl (C=O) groups is 1. The molecule has 0 fully saturated rings. The number of para-hydroxylation sites is 1. The Morgan fingerprint density at radius 1 is 1.22 bits per heavy atom. The van der Waals surface area contributed by atoms with E-state index in [1.165, 1.54) is 23.1 Å². The van der Waals surface area contributed by atoms with E-state index in [1.54, 1.807) is 7.05 Å². The van der Waals surface area contributed by atoms with E-state index in [-0.39, 0.29) is 10.6 Å². The van der Waals surface area contributed by atoms with Crippen molar-refractivity contribution in [1.82, 2.24) is 9.88 Å². The lowest BCUT2D eigenvalue weighted by Crippen LogP contribution is -2.29. The van der Waals surface area contributed by atoms with Crippen molar-refractivity contribution in [2.45, 2.75) is 6.42 Å². The molecule has 0 saturated heterocycles. The zero-order chi connectivity index (χ0) is 16.4. The van der Waals surface area contributed by atoms with Crippen molar-refractivity contribution < 1.29 is 9.18 Å². The molecule has 0 atom stereocenters. The van der Waals surface area contributed by atoms with Gasteiger partial charge in [0.25, 0.3) is 5.91 Å². The minimum absolute atomic E-state index is 0.0735. The van der Waals surface area contributed by atoms with Crippen LogP contribution in [0.4, 0.5) is 4.39 Å². The molecule has 0 bridgehead atoms. The normalized spacial score (nSPS) is 10.9. The van der Waals surface area contributed by atoms with E-state index < -0.39 is 11.7 Å². The van der Waals surface area contributed by atoms with Crippen LogP contribution in [-0.4, -0.2) is 29.4 Å². The van der Waals surface area contributed by atoms with Gasteiger partial charge in [0.1, 0.15) is 5.82 Å². The van der Waals surface area contributed by atoms with Gasteiger partial charge in [-0.3, -0.25) is 4.79 Å². The first-order valence-corrected chi connectivity index (χ1v) is 7.70. The standard InChI is InChI=1S/C18H16ClFN2O/c1-22(18(23)17-14(19)6-4-7-15(17)20)10-9-12-11-21-16-8-3-2-5-13(12)16/h2-8,11,21H,9-10H2,1H3. The molecule has 0 aliphatic heterocycles. The summed E-state index contributed by atoms with van der Waals surface area (Å²) in [5.41, 5.74) is 2.11. The van der Waals surface area contributed by atoms with Gasteiger partial charge in [-0.15, -0.1) is 0 Å². The molecule has 3 nitrogen and oxygen atoms in total. The largest absolute Gasteiger partial charge is 0.361 e. The second-order valence-corrected chi connectivity index (χ2v) is 5.84. The van der Waals surface area contributed by atoms with Gasteiger partial charge >= 0.3 is 0 Å². The third-order valence-electron chi connectivity index (χ3n) is 3.91. The number of aromatic amines is 1. The number of halogens is 2. The van der Waals surface area contributed by atoms with Crippen LogP contribution >= 0.6 is 11.6 Å². The van der Waals surface area contributed by atoms with Crippen LogP contribution < -0.4 is 0 Å². The fourth-order valence-corrected chi connectivity index (χ4v) is 2.86. The molecule has 0 unspecified atom stereocenters. The summed E-state index contributed by atoms with van der Waals surface area (Å²) in [6, 6.07) is 12.2. The molecular formula is C18H16ClFN2O. The SMILES string of the molecule is CN(CCc1c[nH]c2ccccc12)C(=O)c1c(F)cccc1Cl. The van der Waals surface area contributed by atoms with Crippen LogP contribution in [0, 0.1) is 5.82 Å². The molecule has 1 aromatic heterocycles. The smallest absolute Gasteiger partial charge is 0.258 e. The highest BCUT2D eigenvalue weighted by Gasteiger charge is 2.19. The third-order valence-corrected chi connectivity index (χ3v) is 4.23. The monoisotopic (exact) mass is 330 g/mol. The number of amides is 1. The first-order valence-electron chi connectivity index (χ1n) is 7.32. The fourth-order valence-electron chi connectivity index (χ4n) is 2.62. The average Bonchev–Trinajstić information content (AvgIpc) is 2.95. The summed E-state index contributed by atoms with van der Waals surface area (Å²) in [5.74, 6) is -1.01. The van der Waals surface area contributed by atoms with E-state index in [2.05, 4.69) is 4.98 Å². The molecule has 0 spiro atoms. The number of fused-ring (bicyclic) bond motifs is 1. The molecule has 3 rings (SSSR count). The second-order valence-electron chi connectivity index (χ2n) is 5.43. The maximum Gasteiger partial charge on any atom is 0.258 e. The van der Waals surface area contributed by atoms with E-state index in [0.717, 1.165) is 16.5 Å². The predicted molar refractivity (Wildman–Crippen MR) is 90.4 cm³/mol. The van der Waals surface area contributed by atoms with Gasteiger partial charge in [0, 0.05) is 30.7 Å². The van der Waals surface area contributed by atoms with Gasteiger partial charge in [0.15, 0.2) is 0 Å². The first kappa shape index (κ1) is 15.6. The fraction of sp³-hybridized carbons (Fsp3) is 0.167. The summed E-state index contributed by atoms with van der Waals surface area (Å²) in [5, 5.41) is 1.27. The van der Waals surface area contributed by atoms with Crippen LogP contribution in [0.15, 0.2) is 48.7 Å². The number of hydrogen-bond donors (Lipinski definition) is 1. The minimum Gasteiger partial charge on any atom is -0.361 e. The van der Waals surface area contributed by atoms with E-state index in [9.17, 15) is 9.18 Å². The Kier molecular flexibility index (Phi) is 4.35. The molecule has 0 aliphatic rings. The van der Waals surface area contributed by atoms with Crippen molar-refractivity contribution in [3.63, 3.8) is 0 Å². The number of benzene rings is 2. The summed E-state index contributed by atoms with van der Waals surface area (Å²) in [7, 11) is 1.65. The van der Waals surface area contributed by atoms with Crippen LogP contribution in [0.25, 0.3) is 10.9 Å². The molecule has 1 heterocycles. The second kappa shape index (κ2) is 6.42. The van der Waals surface area contributed by atoms with Crippen LogP contribution in [0.1, 0.15) is 15.9 Å². The number of H-pyrrole nitrogens is 1. The van der Waals surface area contributed by atoms with Crippen molar-refractivity contribution in [2.24, 2.45) is 0 Å². The van der Waals surface area contributed by atoms with Crippen LogP contribution in [0.2, 0.25) is 5.02 Å². The van der Waals surface area contributed by atoms with E-state index in [1.807, 2.05) is 30.5 Å². The molecule has 3 aromatic rings. The van der Waals surface area contributed by atoms with Gasteiger partial charge in [0.05, 0.1) is 10.6 Å². The molecule has 0 saturated carbocycles. The zero-order valence-electron chi connectivity index (χ0n) is 12.6. The topological polar surface area (TPSA) is 36.1 Å². The summed E-state index contributed by atoms with van der Waals surface area (Å²) in [6.07, 6.45) is 2.62. The number of nitrogens with one attached hydrogen (secondary N) is 1. The van der Waals surface area contributed by atoms with Crippen molar-refractivity contribution in [2.75, 3.05) is 13.6 Å². The average molecular weight is 331 g/mol. The van der Waals surface area contributed by atoms with E-state index in [4.69, 9.17) is 11.6 Å². The van der Waals surface area contributed by atoms with Gasteiger partial charge in [-0.1, -0.05) is 35.9 Å². The highest BCUT2D eigenvalue weighted by atomic mass is 35.5. The van der Waals surface area contributed by atoms with Gasteiger partial charge in [0.2, 0.25) is 0 Å². The molecule has 2 aromatic carbocycles. The minimum atomic E-state index is -0.596. The number of nitrogens with zero attached hydrogens (tertiary/aromatic N) is 1. The Bertz CT molecular complexity index is 839. The van der Waals surface area contributed by atoms with Gasteiger partial charge in [-0.2, -0.15) is 0 Å². The lowest BCUT2D eigenvalue weighted by Gasteiger charge is -2.18. The Labute approximate surface area is 138 Å². The van der Waals surface area contributed by atoms with Gasteiger partial charge in [-0.25, -0.2) is 4.39 Å². The molecular weight excluding hydrogens is 315 g/mol. The van der Waals surface area contributed by atoms with Crippen molar-refractivity contribution in [3.05, 3.63) is 70.6 Å². The summed E-state index contributed by atoms with van der Waals surface area (Å²) in [4.78, 5) is 17.1. The lowest BCUT2D eigenvalue weighted by atomic mass is 10.1. The molecule has 1 amide bonds.